The lowest BCUT2D eigenvalue weighted by Crippen LogP contribution is -2.43. The van der Waals surface area contributed by atoms with Gasteiger partial charge in [-0.25, -0.2) is 4.79 Å². The quantitative estimate of drug-likeness (QED) is 0.655. The standard InChI is InChI=1S/C21H32N2O3.C2HF3O2/c1-16(2)22-20(24)12-18-13-21(26-15-18)8-10-23(11-9-21)14-17-4-6-19(25-3)7-5-17;3-2(4,5)1(6)7/h4-7,16,18H,8-15H2,1-3H3,(H,22,24);(H,6,7). The molecule has 7 nitrogen and oxygen atoms in total. The Bertz CT molecular complexity index is 775. The van der Waals surface area contributed by atoms with E-state index in [-0.39, 0.29) is 17.6 Å². The Morgan fingerprint density at radius 1 is 1.24 bits per heavy atom. The molecule has 33 heavy (non-hydrogen) atoms. The van der Waals surface area contributed by atoms with E-state index in [0.717, 1.165) is 51.3 Å². The number of likely N-dealkylation sites (tertiary alicyclic amines) is 1. The number of halogens is 3. The summed E-state index contributed by atoms with van der Waals surface area (Å²) >= 11 is 0. The molecule has 0 saturated carbocycles. The van der Waals surface area contributed by atoms with Gasteiger partial charge in [0.15, 0.2) is 0 Å². The Morgan fingerprint density at radius 2 is 1.82 bits per heavy atom. The lowest BCUT2D eigenvalue weighted by molar-refractivity contribution is -0.192. The number of carboxylic acid groups (broad SMARTS) is 1. The Kier molecular flexibility index (Phi) is 9.54. The number of hydrogen-bond acceptors (Lipinski definition) is 5. The van der Waals surface area contributed by atoms with E-state index in [9.17, 15) is 18.0 Å². The van der Waals surface area contributed by atoms with Crippen LogP contribution in [0, 0.1) is 5.92 Å². The molecule has 1 aromatic carbocycles. The van der Waals surface area contributed by atoms with Gasteiger partial charge in [-0.15, -0.1) is 0 Å². The third kappa shape index (κ3) is 8.85. The second-order valence-electron chi connectivity index (χ2n) is 8.92. The average Bonchev–Trinajstić information content (AvgIpc) is 3.11. The molecule has 0 aromatic heterocycles. The van der Waals surface area contributed by atoms with Gasteiger partial charge in [0.2, 0.25) is 5.91 Å². The molecule has 1 aromatic rings. The van der Waals surface area contributed by atoms with Gasteiger partial charge in [-0.3, -0.25) is 9.69 Å². The van der Waals surface area contributed by atoms with Crippen LogP contribution in [0.25, 0.3) is 0 Å². The molecule has 186 valence electrons. The van der Waals surface area contributed by atoms with Gasteiger partial charge in [0, 0.05) is 32.1 Å². The van der Waals surface area contributed by atoms with Gasteiger partial charge in [-0.2, -0.15) is 13.2 Å². The number of piperidine rings is 1. The fourth-order valence-electron chi connectivity index (χ4n) is 4.17. The monoisotopic (exact) mass is 474 g/mol. The van der Waals surface area contributed by atoms with Crippen molar-refractivity contribution in [1.29, 1.82) is 0 Å². The zero-order valence-corrected chi connectivity index (χ0v) is 19.3. The van der Waals surface area contributed by atoms with Crippen LogP contribution in [-0.4, -0.2) is 66.5 Å². The van der Waals surface area contributed by atoms with E-state index < -0.39 is 12.1 Å². The summed E-state index contributed by atoms with van der Waals surface area (Å²) in [6, 6.07) is 8.53. The van der Waals surface area contributed by atoms with Gasteiger partial charge < -0.3 is 19.9 Å². The fraction of sp³-hybridized carbons (Fsp3) is 0.652. The van der Waals surface area contributed by atoms with Crippen molar-refractivity contribution in [1.82, 2.24) is 10.2 Å². The Hall–Kier alpha value is -2.33. The summed E-state index contributed by atoms with van der Waals surface area (Å²) < 4.78 is 43.2. The number of ether oxygens (including phenoxy) is 2. The van der Waals surface area contributed by atoms with Crippen LogP contribution in [0.2, 0.25) is 0 Å². The summed E-state index contributed by atoms with van der Waals surface area (Å²) in [7, 11) is 1.69. The van der Waals surface area contributed by atoms with Gasteiger partial charge in [-0.1, -0.05) is 12.1 Å². The van der Waals surface area contributed by atoms with Crippen molar-refractivity contribution in [3.8, 4) is 5.75 Å². The molecule has 3 rings (SSSR count). The molecule has 2 heterocycles. The molecular formula is C23H33F3N2O5. The molecule has 1 atom stereocenters. The molecule has 0 radical (unpaired) electrons. The van der Waals surface area contributed by atoms with Crippen LogP contribution in [0.4, 0.5) is 13.2 Å². The van der Waals surface area contributed by atoms with Crippen LogP contribution in [0.3, 0.4) is 0 Å². The predicted octanol–water partition coefficient (Wildman–Crippen LogP) is 3.61. The number of rotatable bonds is 6. The number of carbonyl (C=O) groups excluding carboxylic acids is 1. The van der Waals surface area contributed by atoms with E-state index >= 15 is 0 Å². The Labute approximate surface area is 192 Å². The third-order valence-corrected chi connectivity index (χ3v) is 5.78. The lowest BCUT2D eigenvalue weighted by atomic mass is 9.84. The first kappa shape index (κ1) is 26.9. The van der Waals surface area contributed by atoms with Crippen molar-refractivity contribution in [3.05, 3.63) is 29.8 Å². The van der Waals surface area contributed by atoms with Crippen LogP contribution in [-0.2, 0) is 20.9 Å². The minimum absolute atomic E-state index is 0.000808. The van der Waals surface area contributed by atoms with E-state index in [1.165, 1.54) is 5.56 Å². The maximum Gasteiger partial charge on any atom is 0.490 e. The highest BCUT2D eigenvalue weighted by molar-refractivity contribution is 5.76. The normalized spacial score (nSPS) is 20.3. The third-order valence-electron chi connectivity index (χ3n) is 5.78. The fourth-order valence-corrected chi connectivity index (χ4v) is 4.17. The molecule has 2 aliphatic heterocycles. The minimum Gasteiger partial charge on any atom is -0.497 e. The Balaban J connectivity index is 0.000000479. The first-order valence-electron chi connectivity index (χ1n) is 11.0. The minimum atomic E-state index is -5.08. The zero-order valence-electron chi connectivity index (χ0n) is 19.3. The topological polar surface area (TPSA) is 88.1 Å². The zero-order chi connectivity index (χ0) is 24.6. The second-order valence-corrected chi connectivity index (χ2v) is 8.92. The first-order valence-corrected chi connectivity index (χ1v) is 11.0. The van der Waals surface area contributed by atoms with Gasteiger partial charge in [-0.05, 0) is 56.7 Å². The molecule has 10 heteroatoms. The highest BCUT2D eigenvalue weighted by Crippen LogP contribution is 2.40. The molecule has 2 aliphatic rings. The molecule has 0 aliphatic carbocycles. The van der Waals surface area contributed by atoms with Crippen molar-refractivity contribution >= 4 is 11.9 Å². The number of nitrogens with zero attached hydrogens (tertiary/aromatic N) is 1. The molecule has 1 unspecified atom stereocenters. The number of benzene rings is 1. The molecular weight excluding hydrogens is 441 g/mol. The number of hydrogen-bond donors (Lipinski definition) is 2. The molecule has 2 fully saturated rings. The van der Waals surface area contributed by atoms with E-state index in [1.807, 2.05) is 26.0 Å². The molecule has 2 N–H and O–H groups in total. The maximum absolute atomic E-state index is 12.0. The summed E-state index contributed by atoms with van der Waals surface area (Å²) in [5, 5.41) is 10.1. The van der Waals surface area contributed by atoms with E-state index in [1.54, 1.807) is 7.11 Å². The molecule has 1 spiro atoms. The van der Waals surface area contributed by atoms with Crippen molar-refractivity contribution in [3.63, 3.8) is 0 Å². The van der Waals surface area contributed by atoms with E-state index in [4.69, 9.17) is 19.4 Å². The smallest absolute Gasteiger partial charge is 0.490 e. The molecule has 0 bridgehead atoms. The molecule has 1 amide bonds. The number of methoxy groups -OCH3 is 1. The van der Waals surface area contributed by atoms with Crippen molar-refractivity contribution < 1.29 is 37.3 Å². The van der Waals surface area contributed by atoms with E-state index in [0.29, 0.717) is 12.3 Å². The number of carbonyl (C=O) groups is 2. The van der Waals surface area contributed by atoms with Gasteiger partial charge in [0.1, 0.15) is 5.75 Å². The lowest BCUT2D eigenvalue weighted by Gasteiger charge is -2.38. The van der Waals surface area contributed by atoms with Crippen molar-refractivity contribution in [2.45, 2.75) is 63.9 Å². The number of nitrogens with one attached hydrogen (secondary N) is 1. The van der Waals surface area contributed by atoms with Crippen LogP contribution in [0.15, 0.2) is 24.3 Å². The van der Waals surface area contributed by atoms with Crippen LogP contribution >= 0.6 is 0 Å². The van der Waals surface area contributed by atoms with Crippen LogP contribution in [0.5, 0.6) is 5.75 Å². The Morgan fingerprint density at radius 3 is 2.30 bits per heavy atom. The summed E-state index contributed by atoms with van der Waals surface area (Å²) in [5.41, 5.74) is 1.32. The molecule has 2 saturated heterocycles. The van der Waals surface area contributed by atoms with Gasteiger partial charge in [0.25, 0.3) is 0 Å². The number of amides is 1. The van der Waals surface area contributed by atoms with Crippen molar-refractivity contribution in [2.75, 3.05) is 26.8 Å². The van der Waals surface area contributed by atoms with E-state index in [2.05, 4.69) is 22.3 Å². The highest BCUT2D eigenvalue weighted by Gasteiger charge is 2.43. The summed E-state index contributed by atoms with van der Waals surface area (Å²) in [6.07, 6.45) is -1.35. The predicted molar refractivity (Wildman–Crippen MR) is 116 cm³/mol. The van der Waals surface area contributed by atoms with Crippen LogP contribution in [0.1, 0.15) is 45.1 Å². The number of carboxylic acids is 1. The van der Waals surface area contributed by atoms with Crippen molar-refractivity contribution in [2.24, 2.45) is 5.92 Å². The highest BCUT2D eigenvalue weighted by atomic mass is 19.4. The number of aliphatic carboxylic acids is 1. The van der Waals surface area contributed by atoms with Gasteiger partial charge in [0.05, 0.1) is 19.3 Å². The SMILES string of the molecule is COc1ccc(CN2CCC3(CC2)CC(CC(=O)NC(C)C)CO3)cc1.O=C(O)C(F)(F)F. The second kappa shape index (κ2) is 11.7. The maximum atomic E-state index is 12.0. The first-order chi connectivity index (χ1) is 15.4. The summed E-state index contributed by atoms with van der Waals surface area (Å²) in [5.74, 6) is -1.34. The number of alkyl halides is 3. The average molecular weight is 475 g/mol. The largest absolute Gasteiger partial charge is 0.497 e. The summed E-state index contributed by atoms with van der Waals surface area (Å²) in [4.78, 5) is 23.4. The van der Waals surface area contributed by atoms with Gasteiger partial charge >= 0.3 is 12.1 Å². The summed E-state index contributed by atoms with van der Waals surface area (Å²) in [6.45, 7) is 7.81. The van der Waals surface area contributed by atoms with Crippen LogP contribution < -0.4 is 10.1 Å².